The number of hydrogen-bond acceptors (Lipinski definition) is 19. The van der Waals surface area contributed by atoms with Crippen molar-refractivity contribution in [3.8, 4) is 0 Å². The van der Waals surface area contributed by atoms with Crippen LogP contribution in [0.1, 0.15) is 179 Å². The number of aliphatic imine (C=N–C) groups is 1. The van der Waals surface area contributed by atoms with E-state index in [1.807, 2.05) is 0 Å². The number of rotatable bonds is 51. The van der Waals surface area contributed by atoms with Crippen molar-refractivity contribution in [2.24, 2.45) is 68.8 Å². The quantitative estimate of drug-likeness (QED) is 0.0155. The first-order valence-corrected chi connectivity index (χ1v) is 33.9. The van der Waals surface area contributed by atoms with Gasteiger partial charge in [-0.3, -0.25) is 72.1 Å². The van der Waals surface area contributed by atoms with Crippen LogP contribution in [0.5, 0.6) is 0 Å². The SMILES string of the molecule is CC(C)C[C@H](NC(=O)[C@H](C)NC(=O)[C@H](CCCCN)NC(=O)[C@H](CCCCN)NC(=O)[C@@H](N)CCCCN)C(=O)N[C@@H](CC(C)C)C(=O)N[C@@H](CCCN=C(N)N)C(=O)N[C@@H](CCC(N)=O)C(=O)N[C@@H](CC(C)C)C(=O)NCC(=O)N[C@H](C(=O)N[C@@H](C)C(=O)N[C@@H](C)C(=O)O)C(C)C. The fraction of sp³-hybridized carbons (Fsp3) is 0.762. The fourth-order valence-electron chi connectivity index (χ4n) is 9.73. The van der Waals surface area contributed by atoms with Gasteiger partial charge in [-0.25, -0.2) is 0 Å². The summed E-state index contributed by atoms with van der Waals surface area (Å²) in [6, 6.07) is -15.2. The third-order valence-electron chi connectivity index (χ3n) is 15.3. The van der Waals surface area contributed by atoms with E-state index in [1.54, 1.807) is 55.4 Å². The first-order valence-electron chi connectivity index (χ1n) is 33.9. The van der Waals surface area contributed by atoms with Crippen molar-refractivity contribution >= 4 is 88.7 Å². The van der Waals surface area contributed by atoms with E-state index in [-0.39, 0.29) is 81.7 Å². The molecule has 27 N–H and O–H groups in total. The van der Waals surface area contributed by atoms with E-state index in [1.165, 1.54) is 20.8 Å². The van der Waals surface area contributed by atoms with Crippen LogP contribution in [0.4, 0.5) is 0 Å². The number of carboxylic acids is 1. The lowest BCUT2D eigenvalue weighted by molar-refractivity contribution is -0.141. The molecular weight excluding hydrogens is 1280 g/mol. The molecule has 0 fully saturated rings. The summed E-state index contributed by atoms with van der Waals surface area (Å²) in [5.74, 6) is -13.3. The van der Waals surface area contributed by atoms with Crippen LogP contribution in [0.3, 0.4) is 0 Å². The maximum atomic E-state index is 14.5. The van der Waals surface area contributed by atoms with Crippen molar-refractivity contribution in [2.45, 2.75) is 251 Å². The van der Waals surface area contributed by atoms with Gasteiger partial charge >= 0.3 is 5.97 Å². The maximum Gasteiger partial charge on any atom is 0.325 e. The molecule has 0 unspecified atom stereocenters. The molecule has 0 radical (unpaired) electrons. The molecule has 98 heavy (non-hydrogen) atoms. The molecule has 0 aliphatic heterocycles. The lowest BCUT2D eigenvalue weighted by Gasteiger charge is -2.29. The van der Waals surface area contributed by atoms with Crippen LogP contribution in [0.25, 0.3) is 0 Å². The van der Waals surface area contributed by atoms with Gasteiger partial charge in [0.05, 0.1) is 12.6 Å². The molecule has 0 aliphatic rings. The summed E-state index contributed by atoms with van der Waals surface area (Å²) in [5, 5.41) is 40.0. The maximum absolute atomic E-state index is 14.5. The molecule has 0 spiro atoms. The molecule has 35 nitrogen and oxygen atoms in total. The topological polar surface area (TPSA) is 598 Å². The van der Waals surface area contributed by atoms with Crippen LogP contribution in [-0.4, -0.2) is 199 Å². The normalized spacial score (nSPS) is 14.9. The molecule has 13 amide bonds. The zero-order valence-corrected chi connectivity index (χ0v) is 59.2. The Morgan fingerprint density at radius 1 is 0.367 bits per heavy atom. The van der Waals surface area contributed by atoms with Gasteiger partial charge in [0.25, 0.3) is 0 Å². The van der Waals surface area contributed by atoms with Gasteiger partial charge in [-0.1, -0.05) is 61.8 Å². The largest absolute Gasteiger partial charge is 0.480 e. The fourth-order valence-corrected chi connectivity index (χ4v) is 9.73. The predicted molar refractivity (Wildman–Crippen MR) is 367 cm³/mol. The van der Waals surface area contributed by atoms with E-state index in [2.05, 4.69) is 68.8 Å². The van der Waals surface area contributed by atoms with Crippen LogP contribution in [0.15, 0.2) is 4.99 Å². The smallest absolute Gasteiger partial charge is 0.325 e. The second-order valence-electron chi connectivity index (χ2n) is 26.3. The molecule has 0 saturated carbocycles. The third kappa shape index (κ3) is 38.0. The summed E-state index contributed by atoms with van der Waals surface area (Å²) < 4.78 is 0. The Morgan fingerprint density at radius 2 is 0.704 bits per heavy atom. The van der Waals surface area contributed by atoms with Gasteiger partial charge in [-0.05, 0) is 154 Å². The van der Waals surface area contributed by atoms with Gasteiger partial charge in [0.2, 0.25) is 76.8 Å². The summed E-state index contributed by atoms with van der Waals surface area (Å²) in [5.41, 5.74) is 39.8. The highest BCUT2D eigenvalue weighted by Crippen LogP contribution is 2.14. The standard InChI is InChI=1S/C63H118N20O15/c1-33(2)29-45(54(89)72-32-49(85)83-50(36(7)8)61(96)74-37(9)51(86)75-39(11)62(97)98)81-58(93)44(23-24-48(68)84)79-57(92)43(22-18-28-71-63(69)70)78-59(94)47(31-35(5)6)82-60(95)46(30-34(3)4)80-52(87)38(10)73-55(90)41(20-13-16-26-65)77-56(91)42(21-14-17-27-66)76-53(88)40(67)19-12-15-25-64/h33-47,50H,12-32,64-67H2,1-11H3,(H2,68,84)(H,72,89)(H,73,90)(H,74,96)(H,75,86)(H,76,88)(H,77,91)(H,78,94)(H,79,92)(H,80,87)(H,81,93)(H,82,95)(H,83,85)(H,97,98)(H4,69,70,71)/t37-,38-,39-,40-,41-,42-,43-,44-,45-,46-,47-,50-/m0/s1. The molecule has 560 valence electrons. The molecule has 12 atom stereocenters. The van der Waals surface area contributed by atoms with Crippen LogP contribution in [0.2, 0.25) is 0 Å². The van der Waals surface area contributed by atoms with Gasteiger partial charge in [0.1, 0.15) is 66.5 Å². The number of carboxylic acid groups (broad SMARTS) is 1. The first-order chi connectivity index (χ1) is 45.9. The molecule has 35 heteroatoms. The van der Waals surface area contributed by atoms with Crippen LogP contribution in [0, 0.1) is 23.7 Å². The molecule has 0 aromatic rings. The van der Waals surface area contributed by atoms with E-state index in [9.17, 15) is 67.1 Å². The summed E-state index contributed by atoms with van der Waals surface area (Å²) in [6.07, 6.45) is 2.90. The zero-order valence-electron chi connectivity index (χ0n) is 59.2. The lowest BCUT2D eigenvalue weighted by Crippen LogP contribution is -2.60. The highest BCUT2D eigenvalue weighted by atomic mass is 16.4. The Kier molecular flexibility index (Phi) is 44.3. The highest BCUT2D eigenvalue weighted by molar-refractivity contribution is 5.99. The number of nitrogens with zero attached hydrogens (tertiary/aromatic N) is 1. The zero-order chi connectivity index (χ0) is 74.9. The summed E-state index contributed by atoms with van der Waals surface area (Å²) >= 11 is 0. The Morgan fingerprint density at radius 3 is 1.10 bits per heavy atom. The number of nitrogens with one attached hydrogen (secondary N) is 12. The van der Waals surface area contributed by atoms with E-state index in [0.29, 0.717) is 58.0 Å². The molecule has 0 rings (SSSR count). The second-order valence-corrected chi connectivity index (χ2v) is 26.3. The van der Waals surface area contributed by atoms with E-state index < -0.39 is 181 Å². The second kappa shape index (κ2) is 48.4. The van der Waals surface area contributed by atoms with Crippen molar-refractivity contribution in [3.63, 3.8) is 0 Å². The Labute approximate surface area is 575 Å². The average molecular weight is 1400 g/mol. The van der Waals surface area contributed by atoms with Gasteiger partial charge in [-0.2, -0.15) is 0 Å². The number of guanidine groups is 1. The van der Waals surface area contributed by atoms with E-state index in [4.69, 9.17) is 45.2 Å². The number of aliphatic carboxylic acids is 1. The van der Waals surface area contributed by atoms with Gasteiger partial charge in [0.15, 0.2) is 5.96 Å². The number of carbonyl (C=O) groups is 14. The number of carbonyl (C=O) groups excluding carboxylic acids is 13. The molecule has 0 saturated heterocycles. The molecule has 0 aromatic heterocycles. The lowest BCUT2D eigenvalue weighted by atomic mass is 9.99. The van der Waals surface area contributed by atoms with Crippen molar-refractivity contribution in [1.29, 1.82) is 0 Å². The molecule has 0 aromatic carbocycles. The molecule has 0 heterocycles. The van der Waals surface area contributed by atoms with Crippen molar-refractivity contribution in [1.82, 2.24) is 63.8 Å². The Balaban J connectivity index is 6.81. The van der Waals surface area contributed by atoms with Crippen LogP contribution in [-0.2, 0) is 67.1 Å². The monoisotopic (exact) mass is 1390 g/mol. The minimum Gasteiger partial charge on any atom is -0.480 e. The van der Waals surface area contributed by atoms with E-state index in [0.717, 1.165) is 0 Å². The number of hydrogen-bond donors (Lipinski definition) is 20. The predicted octanol–water partition coefficient (Wildman–Crippen LogP) is -4.59. The summed E-state index contributed by atoms with van der Waals surface area (Å²) in [4.78, 5) is 193. The van der Waals surface area contributed by atoms with Crippen LogP contribution >= 0.6 is 0 Å². The van der Waals surface area contributed by atoms with Gasteiger partial charge in [0, 0.05) is 13.0 Å². The number of unbranched alkanes of at least 4 members (excludes halogenated alkanes) is 3. The number of amides is 13. The van der Waals surface area contributed by atoms with Crippen molar-refractivity contribution in [2.75, 3.05) is 32.7 Å². The van der Waals surface area contributed by atoms with Gasteiger partial charge in [-0.15, -0.1) is 0 Å². The van der Waals surface area contributed by atoms with E-state index >= 15 is 0 Å². The molecule has 0 bridgehead atoms. The molecular formula is C63H118N20O15. The minimum absolute atomic E-state index is 0.000234. The Bertz CT molecular complexity index is 2630. The highest BCUT2D eigenvalue weighted by Gasteiger charge is 2.36. The minimum atomic E-state index is -1.58. The average Bonchev–Trinajstić information content (AvgIpc) is 0.872. The summed E-state index contributed by atoms with van der Waals surface area (Å²) in [6.45, 7) is 18.0. The van der Waals surface area contributed by atoms with Gasteiger partial charge < -0.3 is 109 Å². The number of primary amides is 1. The first kappa shape index (κ1) is 89.7. The Hall–Kier alpha value is -8.31. The van der Waals surface area contributed by atoms with Crippen molar-refractivity contribution in [3.05, 3.63) is 0 Å². The third-order valence-corrected chi connectivity index (χ3v) is 15.3. The molecule has 0 aliphatic carbocycles. The van der Waals surface area contributed by atoms with Crippen LogP contribution < -0.4 is 104 Å². The number of nitrogens with two attached hydrogens (primary N) is 7. The summed E-state index contributed by atoms with van der Waals surface area (Å²) in [7, 11) is 0. The van der Waals surface area contributed by atoms with Crippen molar-refractivity contribution < 1.29 is 72.2 Å².